The topological polar surface area (TPSA) is 54.9 Å². The summed E-state index contributed by atoms with van der Waals surface area (Å²) in [6.07, 6.45) is 3.69. The molecule has 2 rings (SSSR count). The number of hydrogen-bond donors (Lipinski definition) is 2. The van der Waals surface area contributed by atoms with Gasteiger partial charge in [0.05, 0.1) is 13.7 Å². The van der Waals surface area contributed by atoms with E-state index in [2.05, 4.69) is 28.6 Å². The van der Waals surface area contributed by atoms with Gasteiger partial charge in [0, 0.05) is 26.3 Å². The molecule has 0 atom stereocenters. The molecule has 0 aromatic heterocycles. The number of nitrogens with one attached hydrogen (secondary N) is 2. The van der Waals surface area contributed by atoms with Gasteiger partial charge < -0.3 is 20.1 Å². The van der Waals surface area contributed by atoms with Crippen LogP contribution in [0.1, 0.15) is 31.7 Å². The molecule has 0 radical (unpaired) electrons. The van der Waals surface area contributed by atoms with Crippen molar-refractivity contribution in [1.82, 2.24) is 10.6 Å². The molecule has 0 bridgehead atoms. The second kappa shape index (κ2) is 12.4. The van der Waals surface area contributed by atoms with E-state index in [0.29, 0.717) is 6.54 Å². The standard InChI is InChI=1S/C18H29N3O2.HI/c1-3-19-18(20-10-5-11-23-14-15-8-9-15)21-13-16-6-4-7-17(12-16)22-2;/h4,6-7,12,15H,3,5,8-11,13-14H2,1-2H3,(H2,19,20,21);1H. The van der Waals surface area contributed by atoms with Crippen LogP contribution in [0.25, 0.3) is 0 Å². The molecule has 0 unspecified atom stereocenters. The minimum absolute atomic E-state index is 0. The van der Waals surface area contributed by atoms with E-state index in [1.54, 1.807) is 7.11 Å². The van der Waals surface area contributed by atoms with Crippen molar-refractivity contribution in [2.75, 3.05) is 33.4 Å². The van der Waals surface area contributed by atoms with Crippen molar-refractivity contribution in [2.45, 2.75) is 32.7 Å². The highest BCUT2D eigenvalue weighted by Gasteiger charge is 2.20. The van der Waals surface area contributed by atoms with Crippen molar-refractivity contribution in [3.8, 4) is 5.75 Å². The molecule has 24 heavy (non-hydrogen) atoms. The number of ether oxygens (including phenoxy) is 2. The van der Waals surface area contributed by atoms with E-state index in [1.165, 1.54) is 12.8 Å². The van der Waals surface area contributed by atoms with Crippen LogP contribution in [0.2, 0.25) is 0 Å². The van der Waals surface area contributed by atoms with Crippen LogP contribution in [0, 0.1) is 5.92 Å². The Balaban J connectivity index is 0.00000288. The monoisotopic (exact) mass is 447 g/mol. The molecule has 1 aliphatic rings. The fourth-order valence-corrected chi connectivity index (χ4v) is 2.20. The van der Waals surface area contributed by atoms with E-state index in [9.17, 15) is 0 Å². The van der Waals surface area contributed by atoms with Gasteiger partial charge >= 0.3 is 0 Å². The summed E-state index contributed by atoms with van der Waals surface area (Å²) in [5, 5.41) is 6.62. The third kappa shape index (κ3) is 8.73. The van der Waals surface area contributed by atoms with E-state index in [1.807, 2.05) is 18.2 Å². The van der Waals surface area contributed by atoms with Crippen LogP contribution < -0.4 is 15.4 Å². The molecule has 1 fully saturated rings. The van der Waals surface area contributed by atoms with Gasteiger partial charge in [0.1, 0.15) is 5.75 Å². The lowest BCUT2D eigenvalue weighted by Crippen LogP contribution is -2.38. The third-order valence-corrected chi connectivity index (χ3v) is 3.71. The second-order valence-electron chi connectivity index (χ2n) is 5.85. The Morgan fingerprint density at radius 1 is 1.29 bits per heavy atom. The lowest BCUT2D eigenvalue weighted by Gasteiger charge is -2.11. The van der Waals surface area contributed by atoms with E-state index in [4.69, 9.17) is 9.47 Å². The zero-order chi connectivity index (χ0) is 16.3. The maximum atomic E-state index is 5.64. The molecule has 6 heteroatoms. The first-order valence-electron chi connectivity index (χ1n) is 8.54. The number of methoxy groups -OCH3 is 1. The minimum Gasteiger partial charge on any atom is -0.497 e. The Bertz CT molecular complexity index is 493. The van der Waals surface area contributed by atoms with Gasteiger partial charge in [-0.2, -0.15) is 0 Å². The van der Waals surface area contributed by atoms with Crippen LogP contribution in [-0.4, -0.2) is 39.4 Å². The fraction of sp³-hybridized carbons (Fsp3) is 0.611. The van der Waals surface area contributed by atoms with Crippen LogP contribution in [-0.2, 0) is 11.3 Å². The van der Waals surface area contributed by atoms with Gasteiger partial charge in [-0.25, -0.2) is 4.99 Å². The van der Waals surface area contributed by atoms with Crippen molar-refractivity contribution in [2.24, 2.45) is 10.9 Å². The molecule has 0 saturated heterocycles. The van der Waals surface area contributed by atoms with Crippen molar-refractivity contribution < 1.29 is 9.47 Å². The highest BCUT2D eigenvalue weighted by atomic mass is 127. The summed E-state index contributed by atoms with van der Waals surface area (Å²) in [6, 6.07) is 8.00. The Labute approximate surface area is 162 Å². The number of guanidine groups is 1. The largest absolute Gasteiger partial charge is 0.497 e. The molecule has 0 spiro atoms. The molecule has 1 aromatic rings. The predicted molar refractivity (Wildman–Crippen MR) is 109 cm³/mol. The lowest BCUT2D eigenvalue weighted by molar-refractivity contribution is 0.123. The average Bonchev–Trinajstić information content (AvgIpc) is 3.40. The summed E-state index contributed by atoms with van der Waals surface area (Å²) in [5.74, 6) is 2.55. The number of benzene rings is 1. The van der Waals surface area contributed by atoms with E-state index >= 15 is 0 Å². The first kappa shape index (κ1) is 21.0. The first-order chi connectivity index (χ1) is 11.3. The predicted octanol–water partition coefficient (Wildman–Crippen LogP) is 3.19. The summed E-state index contributed by atoms with van der Waals surface area (Å²) in [7, 11) is 1.68. The zero-order valence-corrected chi connectivity index (χ0v) is 17.0. The van der Waals surface area contributed by atoms with E-state index in [0.717, 1.165) is 55.9 Å². The summed E-state index contributed by atoms with van der Waals surface area (Å²) < 4.78 is 10.9. The fourth-order valence-electron chi connectivity index (χ4n) is 2.20. The van der Waals surface area contributed by atoms with Gasteiger partial charge in [-0.1, -0.05) is 12.1 Å². The molecule has 0 heterocycles. The molecule has 0 amide bonds. The molecule has 0 aliphatic heterocycles. The minimum atomic E-state index is 0. The lowest BCUT2D eigenvalue weighted by atomic mass is 10.2. The first-order valence-corrected chi connectivity index (χ1v) is 8.54. The van der Waals surface area contributed by atoms with Gasteiger partial charge in [0.2, 0.25) is 0 Å². The Hall–Kier alpha value is -1.02. The van der Waals surface area contributed by atoms with Crippen molar-refractivity contribution >= 4 is 29.9 Å². The number of hydrogen-bond acceptors (Lipinski definition) is 3. The number of aliphatic imine (C=N–C) groups is 1. The normalized spacial score (nSPS) is 14.0. The van der Waals surface area contributed by atoms with Gasteiger partial charge in [-0.3, -0.25) is 0 Å². The zero-order valence-electron chi connectivity index (χ0n) is 14.7. The molecule has 136 valence electrons. The van der Waals surface area contributed by atoms with Gasteiger partial charge in [-0.15, -0.1) is 24.0 Å². The number of rotatable bonds is 10. The Morgan fingerprint density at radius 3 is 2.83 bits per heavy atom. The van der Waals surface area contributed by atoms with Crippen molar-refractivity contribution in [3.05, 3.63) is 29.8 Å². The summed E-state index contributed by atoms with van der Waals surface area (Å²) >= 11 is 0. The molecule has 1 aromatic carbocycles. The molecule has 1 saturated carbocycles. The van der Waals surface area contributed by atoms with Crippen molar-refractivity contribution in [3.63, 3.8) is 0 Å². The van der Waals surface area contributed by atoms with Gasteiger partial charge in [0.25, 0.3) is 0 Å². The SMILES string of the molecule is CCNC(=NCc1cccc(OC)c1)NCCCOCC1CC1.I. The van der Waals surface area contributed by atoms with Gasteiger partial charge in [-0.05, 0) is 49.8 Å². The number of nitrogens with zero attached hydrogens (tertiary/aromatic N) is 1. The average molecular weight is 447 g/mol. The molecular formula is C18H30IN3O2. The van der Waals surface area contributed by atoms with Crippen LogP contribution in [0.3, 0.4) is 0 Å². The van der Waals surface area contributed by atoms with E-state index < -0.39 is 0 Å². The van der Waals surface area contributed by atoms with Crippen molar-refractivity contribution in [1.29, 1.82) is 0 Å². The third-order valence-electron chi connectivity index (χ3n) is 3.71. The number of halogens is 1. The molecule has 1 aliphatic carbocycles. The van der Waals surface area contributed by atoms with E-state index in [-0.39, 0.29) is 24.0 Å². The smallest absolute Gasteiger partial charge is 0.191 e. The molecule has 2 N–H and O–H groups in total. The maximum absolute atomic E-state index is 5.64. The summed E-state index contributed by atoms with van der Waals surface area (Å²) in [5.41, 5.74) is 1.13. The maximum Gasteiger partial charge on any atom is 0.191 e. The van der Waals surface area contributed by atoms with Crippen LogP contribution >= 0.6 is 24.0 Å². The summed E-state index contributed by atoms with van der Waals surface area (Å²) in [4.78, 5) is 4.61. The summed E-state index contributed by atoms with van der Waals surface area (Å²) in [6.45, 7) is 6.17. The molecular weight excluding hydrogens is 417 g/mol. The second-order valence-corrected chi connectivity index (χ2v) is 5.85. The quantitative estimate of drug-likeness (QED) is 0.251. The molecule has 5 nitrogen and oxygen atoms in total. The van der Waals surface area contributed by atoms with Gasteiger partial charge in [0.15, 0.2) is 5.96 Å². The van der Waals surface area contributed by atoms with Crippen LogP contribution in [0.15, 0.2) is 29.3 Å². The van der Waals surface area contributed by atoms with Crippen LogP contribution in [0.4, 0.5) is 0 Å². The van der Waals surface area contributed by atoms with Crippen LogP contribution in [0.5, 0.6) is 5.75 Å². The highest BCUT2D eigenvalue weighted by Crippen LogP contribution is 2.28. The Morgan fingerprint density at radius 2 is 2.12 bits per heavy atom. The Kier molecular flexibility index (Phi) is 10.8. The highest BCUT2D eigenvalue weighted by molar-refractivity contribution is 14.0.